The molecule has 1 amide bonds. The number of rotatable bonds is 8. The summed E-state index contributed by atoms with van der Waals surface area (Å²) in [6.07, 6.45) is 1.97. The van der Waals surface area contributed by atoms with Crippen molar-refractivity contribution in [2.75, 3.05) is 25.0 Å². The third-order valence-corrected chi connectivity index (χ3v) is 2.76. The van der Waals surface area contributed by atoms with Gasteiger partial charge in [-0.25, -0.2) is 9.97 Å². The zero-order valence-corrected chi connectivity index (χ0v) is 12.7. The normalized spacial score (nSPS) is 10.4. The van der Waals surface area contributed by atoms with Crippen LogP contribution in [0.25, 0.3) is 0 Å². The molecule has 20 heavy (non-hydrogen) atoms. The van der Waals surface area contributed by atoms with Crippen molar-refractivity contribution in [1.82, 2.24) is 14.9 Å². The van der Waals surface area contributed by atoms with Crippen molar-refractivity contribution in [2.45, 2.75) is 40.2 Å². The van der Waals surface area contributed by atoms with Gasteiger partial charge < -0.3 is 15.0 Å². The molecule has 1 aromatic heterocycles. The first kappa shape index (κ1) is 16.2. The maximum Gasteiger partial charge on any atom is 0.224 e. The van der Waals surface area contributed by atoms with Crippen molar-refractivity contribution >= 4 is 11.7 Å². The third-order valence-electron chi connectivity index (χ3n) is 2.76. The quantitative estimate of drug-likeness (QED) is 0.788. The summed E-state index contributed by atoms with van der Waals surface area (Å²) in [5, 5.41) is 3.11. The van der Waals surface area contributed by atoms with Gasteiger partial charge in [0.15, 0.2) is 0 Å². The van der Waals surface area contributed by atoms with Gasteiger partial charge in [0.1, 0.15) is 12.1 Å². The van der Waals surface area contributed by atoms with Crippen LogP contribution in [0.2, 0.25) is 0 Å². The van der Waals surface area contributed by atoms with Crippen molar-refractivity contribution in [3.8, 4) is 5.88 Å². The fraction of sp³-hybridized carbons (Fsp3) is 0.643. The molecule has 0 spiro atoms. The molecule has 0 saturated carbocycles. The minimum atomic E-state index is 0.0713. The number of aromatic nitrogens is 2. The Balaban J connectivity index is 2.44. The number of hydrogen-bond acceptors (Lipinski definition) is 5. The molecular weight excluding hydrogens is 256 g/mol. The molecule has 1 N–H and O–H groups in total. The number of hydrogen-bond donors (Lipinski definition) is 1. The van der Waals surface area contributed by atoms with Crippen molar-refractivity contribution in [3.63, 3.8) is 0 Å². The predicted octanol–water partition coefficient (Wildman–Crippen LogP) is 1.93. The van der Waals surface area contributed by atoms with Gasteiger partial charge >= 0.3 is 0 Å². The van der Waals surface area contributed by atoms with Gasteiger partial charge in [-0.3, -0.25) is 4.79 Å². The van der Waals surface area contributed by atoms with Gasteiger partial charge in [0, 0.05) is 32.1 Å². The molecule has 0 aromatic carbocycles. The second-order valence-corrected chi connectivity index (χ2v) is 4.65. The van der Waals surface area contributed by atoms with Crippen LogP contribution in [-0.4, -0.2) is 46.5 Å². The summed E-state index contributed by atoms with van der Waals surface area (Å²) in [5.74, 6) is 1.35. The fourth-order valence-corrected chi connectivity index (χ4v) is 1.77. The average molecular weight is 280 g/mol. The molecule has 1 heterocycles. The lowest BCUT2D eigenvalue weighted by Gasteiger charge is -2.18. The van der Waals surface area contributed by atoms with E-state index < -0.39 is 0 Å². The molecular formula is C14H24N4O2. The maximum atomic E-state index is 11.8. The number of anilines is 1. The molecule has 6 nitrogen and oxygen atoms in total. The number of amides is 1. The molecule has 0 aliphatic heterocycles. The molecule has 0 bridgehead atoms. The van der Waals surface area contributed by atoms with Gasteiger partial charge in [0.05, 0.1) is 6.10 Å². The Hall–Kier alpha value is -1.85. The Labute approximate surface area is 120 Å². The van der Waals surface area contributed by atoms with Gasteiger partial charge in [-0.2, -0.15) is 0 Å². The van der Waals surface area contributed by atoms with Crippen LogP contribution in [0.15, 0.2) is 12.4 Å². The molecule has 0 saturated heterocycles. The average Bonchev–Trinajstić information content (AvgIpc) is 2.40. The summed E-state index contributed by atoms with van der Waals surface area (Å²) in [6, 6.07) is 1.74. The van der Waals surface area contributed by atoms with Crippen LogP contribution >= 0.6 is 0 Å². The van der Waals surface area contributed by atoms with Crippen LogP contribution < -0.4 is 10.1 Å². The van der Waals surface area contributed by atoms with Crippen LogP contribution in [0.4, 0.5) is 5.82 Å². The molecule has 0 unspecified atom stereocenters. The number of nitrogens with zero attached hydrogens (tertiary/aromatic N) is 3. The van der Waals surface area contributed by atoms with E-state index in [1.54, 1.807) is 6.07 Å². The minimum absolute atomic E-state index is 0.0713. The minimum Gasteiger partial charge on any atom is -0.475 e. The summed E-state index contributed by atoms with van der Waals surface area (Å²) >= 11 is 0. The van der Waals surface area contributed by atoms with Crippen LogP contribution in [0.1, 0.15) is 34.1 Å². The first-order valence-electron chi connectivity index (χ1n) is 7.07. The predicted molar refractivity (Wildman–Crippen MR) is 78.8 cm³/mol. The van der Waals surface area contributed by atoms with Crippen molar-refractivity contribution in [3.05, 3.63) is 12.4 Å². The summed E-state index contributed by atoms with van der Waals surface area (Å²) in [4.78, 5) is 21.8. The third kappa shape index (κ3) is 5.42. The topological polar surface area (TPSA) is 67.4 Å². The Morgan fingerprint density at radius 1 is 1.35 bits per heavy atom. The van der Waals surface area contributed by atoms with E-state index in [1.807, 2.05) is 32.6 Å². The summed E-state index contributed by atoms with van der Waals surface area (Å²) in [7, 11) is 0. The Morgan fingerprint density at radius 3 is 2.65 bits per heavy atom. The second-order valence-electron chi connectivity index (χ2n) is 4.65. The van der Waals surface area contributed by atoms with Gasteiger partial charge in [-0.1, -0.05) is 0 Å². The monoisotopic (exact) mass is 280 g/mol. The largest absolute Gasteiger partial charge is 0.475 e. The van der Waals surface area contributed by atoms with Crippen molar-refractivity contribution < 1.29 is 9.53 Å². The van der Waals surface area contributed by atoms with Crippen LogP contribution in [0.3, 0.4) is 0 Å². The first-order chi connectivity index (χ1) is 9.56. The van der Waals surface area contributed by atoms with E-state index in [9.17, 15) is 4.79 Å². The summed E-state index contributed by atoms with van der Waals surface area (Å²) < 4.78 is 5.49. The van der Waals surface area contributed by atoms with E-state index >= 15 is 0 Å². The highest BCUT2D eigenvalue weighted by molar-refractivity contribution is 5.76. The molecule has 1 rings (SSSR count). The molecule has 0 atom stereocenters. The lowest BCUT2D eigenvalue weighted by Crippen LogP contribution is -2.31. The van der Waals surface area contributed by atoms with Crippen LogP contribution in [0.5, 0.6) is 5.88 Å². The number of carbonyl (C=O) groups excluding carboxylic acids is 1. The molecule has 0 aliphatic carbocycles. The van der Waals surface area contributed by atoms with Crippen molar-refractivity contribution in [1.29, 1.82) is 0 Å². The highest BCUT2D eigenvalue weighted by Crippen LogP contribution is 2.12. The van der Waals surface area contributed by atoms with Gasteiger partial charge in [0.2, 0.25) is 11.8 Å². The van der Waals surface area contributed by atoms with E-state index in [4.69, 9.17) is 4.74 Å². The van der Waals surface area contributed by atoms with E-state index in [-0.39, 0.29) is 12.0 Å². The Bertz CT molecular complexity index is 419. The molecule has 0 fully saturated rings. The molecule has 0 radical (unpaired) electrons. The standard InChI is InChI=1S/C14H24N4O2/c1-5-18(6-2)14(19)7-8-15-12-9-13(17-10-16-12)20-11(3)4/h9-11H,5-8H2,1-4H3,(H,15,16,17). The molecule has 1 aromatic rings. The molecule has 6 heteroatoms. The smallest absolute Gasteiger partial charge is 0.224 e. The van der Waals surface area contributed by atoms with Crippen LogP contribution in [0, 0.1) is 0 Å². The summed E-state index contributed by atoms with van der Waals surface area (Å²) in [5.41, 5.74) is 0. The number of carbonyl (C=O) groups is 1. The highest BCUT2D eigenvalue weighted by atomic mass is 16.5. The van der Waals surface area contributed by atoms with E-state index in [0.29, 0.717) is 24.7 Å². The molecule has 0 aliphatic rings. The Kier molecular flexibility index (Phi) is 6.76. The summed E-state index contributed by atoms with van der Waals surface area (Å²) in [6.45, 7) is 9.89. The maximum absolute atomic E-state index is 11.8. The van der Waals surface area contributed by atoms with Gasteiger partial charge in [0.25, 0.3) is 0 Å². The zero-order valence-electron chi connectivity index (χ0n) is 12.7. The van der Waals surface area contributed by atoms with Gasteiger partial charge in [-0.15, -0.1) is 0 Å². The second kappa shape index (κ2) is 8.35. The fourth-order valence-electron chi connectivity index (χ4n) is 1.77. The van der Waals surface area contributed by atoms with Crippen molar-refractivity contribution in [2.24, 2.45) is 0 Å². The van der Waals surface area contributed by atoms with E-state index in [2.05, 4.69) is 15.3 Å². The highest BCUT2D eigenvalue weighted by Gasteiger charge is 2.09. The Morgan fingerprint density at radius 2 is 2.05 bits per heavy atom. The lowest BCUT2D eigenvalue weighted by molar-refractivity contribution is -0.130. The molecule has 112 valence electrons. The zero-order chi connectivity index (χ0) is 15.0. The number of nitrogens with one attached hydrogen (secondary N) is 1. The number of ether oxygens (including phenoxy) is 1. The SMILES string of the molecule is CCN(CC)C(=O)CCNc1cc(OC(C)C)ncn1. The van der Waals surface area contributed by atoms with Crippen LogP contribution in [-0.2, 0) is 4.79 Å². The van der Waals surface area contributed by atoms with Gasteiger partial charge in [-0.05, 0) is 27.7 Å². The van der Waals surface area contributed by atoms with E-state index in [0.717, 1.165) is 13.1 Å². The lowest BCUT2D eigenvalue weighted by atomic mass is 10.3. The first-order valence-corrected chi connectivity index (χ1v) is 7.07. The van der Waals surface area contributed by atoms with E-state index in [1.165, 1.54) is 6.33 Å².